The SMILES string of the molecule is CC(C)(C)Nc1ccc2cc(NC(C)(C)C)ccc2c1. The quantitative estimate of drug-likeness (QED) is 0.777. The van der Waals surface area contributed by atoms with Crippen molar-refractivity contribution >= 4 is 22.1 Å². The topological polar surface area (TPSA) is 24.1 Å². The van der Waals surface area contributed by atoms with Gasteiger partial charge in [-0.25, -0.2) is 0 Å². The molecule has 0 aromatic heterocycles. The van der Waals surface area contributed by atoms with Crippen molar-refractivity contribution in [2.75, 3.05) is 10.6 Å². The van der Waals surface area contributed by atoms with E-state index in [0.717, 1.165) is 0 Å². The van der Waals surface area contributed by atoms with Gasteiger partial charge in [0.05, 0.1) is 0 Å². The fourth-order valence-corrected chi connectivity index (χ4v) is 2.27. The molecule has 2 aromatic carbocycles. The van der Waals surface area contributed by atoms with Gasteiger partial charge in [-0.3, -0.25) is 0 Å². The molecule has 20 heavy (non-hydrogen) atoms. The van der Waals surface area contributed by atoms with E-state index >= 15 is 0 Å². The number of anilines is 2. The predicted molar refractivity (Wildman–Crippen MR) is 90.7 cm³/mol. The highest BCUT2D eigenvalue weighted by Crippen LogP contribution is 2.25. The van der Waals surface area contributed by atoms with Crippen LogP contribution in [0.4, 0.5) is 11.4 Å². The van der Waals surface area contributed by atoms with Crippen LogP contribution in [0.5, 0.6) is 0 Å². The van der Waals surface area contributed by atoms with E-state index in [9.17, 15) is 0 Å². The van der Waals surface area contributed by atoms with E-state index in [0.29, 0.717) is 0 Å². The second-order valence-corrected chi connectivity index (χ2v) is 7.53. The second-order valence-electron chi connectivity index (χ2n) is 7.53. The summed E-state index contributed by atoms with van der Waals surface area (Å²) in [5.74, 6) is 0. The minimum Gasteiger partial charge on any atom is -0.380 e. The van der Waals surface area contributed by atoms with Gasteiger partial charge < -0.3 is 10.6 Å². The van der Waals surface area contributed by atoms with Crippen molar-refractivity contribution in [3.05, 3.63) is 36.4 Å². The maximum atomic E-state index is 3.51. The van der Waals surface area contributed by atoms with E-state index in [4.69, 9.17) is 0 Å². The molecular formula is C18H26N2. The van der Waals surface area contributed by atoms with Gasteiger partial charge in [-0.15, -0.1) is 0 Å². The molecule has 0 aliphatic heterocycles. The molecular weight excluding hydrogens is 244 g/mol. The molecule has 2 nitrogen and oxygen atoms in total. The van der Waals surface area contributed by atoms with E-state index in [1.807, 2.05) is 0 Å². The van der Waals surface area contributed by atoms with Crippen LogP contribution in [-0.4, -0.2) is 11.1 Å². The van der Waals surface area contributed by atoms with Gasteiger partial charge in [0.1, 0.15) is 0 Å². The van der Waals surface area contributed by atoms with Crippen LogP contribution in [0.15, 0.2) is 36.4 Å². The van der Waals surface area contributed by atoms with E-state index in [1.165, 1.54) is 22.1 Å². The summed E-state index contributed by atoms with van der Waals surface area (Å²) in [6.45, 7) is 13.0. The van der Waals surface area contributed by atoms with Gasteiger partial charge in [-0.05, 0) is 76.6 Å². The molecule has 0 heterocycles. The number of rotatable bonds is 2. The molecule has 2 aromatic rings. The molecule has 0 aliphatic carbocycles. The summed E-state index contributed by atoms with van der Waals surface area (Å²) in [5.41, 5.74) is 2.51. The number of nitrogens with one attached hydrogen (secondary N) is 2. The van der Waals surface area contributed by atoms with Crippen molar-refractivity contribution in [1.29, 1.82) is 0 Å². The Labute approximate surface area is 122 Å². The van der Waals surface area contributed by atoms with Gasteiger partial charge in [0.25, 0.3) is 0 Å². The van der Waals surface area contributed by atoms with Gasteiger partial charge in [-0.2, -0.15) is 0 Å². The molecule has 0 atom stereocenters. The van der Waals surface area contributed by atoms with Crippen molar-refractivity contribution in [3.63, 3.8) is 0 Å². The third-order valence-electron chi connectivity index (χ3n) is 2.88. The summed E-state index contributed by atoms with van der Waals surface area (Å²) in [6.07, 6.45) is 0. The van der Waals surface area contributed by atoms with Gasteiger partial charge in [-0.1, -0.05) is 12.1 Å². The average Bonchev–Trinajstić information content (AvgIpc) is 2.25. The van der Waals surface area contributed by atoms with Crippen LogP contribution in [0.1, 0.15) is 41.5 Å². The minimum atomic E-state index is 0.0847. The lowest BCUT2D eigenvalue weighted by atomic mass is 10.0. The standard InChI is InChI=1S/C18H26N2/c1-17(2,3)19-15-9-7-14-12-16(20-18(4,5)6)10-8-13(14)11-15/h7-12,19-20H,1-6H3. The monoisotopic (exact) mass is 270 g/mol. The van der Waals surface area contributed by atoms with E-state index in [2.05, 4.69) is 88.6 Å². The van der Waals surface area contributed by atoms with Gasteiger partial charge in [0.2, 0.25) is 0 Å². The summed E-state index contributed by atoms with van der Waals surface area (Å²) < 4.78 is 0. The summed E-state index contributed by atoms with van der Waals surface area (Å²) in [6, 6.07) is 13.1. The third kappa shape index (κ3) is 4.16. The first-order valence-corrected chi connectivity index (χ1v) is 7.23. The Kier molecular flexibility index (Phi) is 3.68. The Morgan fingerprint density at radius 2 is 0.950 bits per heavy atom. The van der Waals surface area contributed by atoms with Crippen molar-refractivity contribution in [2.24, 2.45) is 0 Å². The molecule has 0 radical (unpaired) electrons. The lowest BCUT2D eigenvalue weighted by Crippen LogP contribution is -2.26. The Bertz CT molecular complexity index is 546. The Morgan fingerprint density at radius 1 is 0.600 bits per heavy atom. The smallest absolute Gasteiger partial charge is 0.0350 e. The Hall–Kier alpha value is -1.70. The molecule has 108 valence electrons. The van der Waals surface area contributed by atoms with E-state index in [-0.39, 0.29) is 11.1 Å². The normalized spacial score (nSPS) is 12.5. The maximum Gasteiger partial charge on any atom is 0.0350 e. The van der Waals surface area contributed by atoms with Crippen LogP contribution in [0, 0.1) is 0 Å². The number of benzene rings is 2. The molecule has 0 aliphatic rings. The van der Waals surface area contributed by atoms with E-state index in [1.54, 1.807) is 0 Å². The third-order valence-corrected chi connectivity index (χ3v) is 2.88. The fraction of sp³-hybridized carbons (Fsp3) is 0.444. The highest BCUT2D eigenvalue weighted by atomic mass is 15.0. The lowest BCUT2D eigenvalue weighted by molar-refractivity contribution is 0.633. The molecule has 0 fully saturated rings. The van der Waals surface area contributed by atoms with Gasteiger partial charge >= 0.3 is 0 Å². The Morgan fingerprint density at radius 3 is 1.25 bits per heavy atom. The first-order valence-electron chi connectivity index (χ1n) is 7.23. The zero-order valence-electron chi connectivity index (χ0n) is 13.5. The predicted octanol–water partition coefficient (Wildman–Crippen LogP) is 5.26. The molecule has 0 spiro atoms. The zero-order chi connectivity index (χ0) is 15.0. The summed E-state index contributed by atoms with van der Waals surface area (Å²) >= 11 is 0. The molecule has 0 saturated carbocycles. The van der Waals surface area contributed by atoms with Crippen LogP contribution in [0.2, 0.25) is 0 Å². The molecule has 0 saturated heterocycles. The average molecular weight is 270 g/mol. The van der Waals surface area contributed by atoms with Crippen LogP contribution < -0.4 is 10.6 Å². The summed E-state index contributed by atoms with van der Waals surface area (Å²) in [5, 5.41) is 9.55. The largest absolute Gasteiger partial charge is 0.380 e. The molecule has 0 bridgehead atoms. The number of hydrogen-bond acceptors (Lipinski definition) is 2. The molecule has 0 amide bonds. The van der Waals surface area contributed by atoms with Gasteiger partial charge in [0, 0.05) is 22.5 Å². The minimum absolute atomic E-state index is 0.0847. The number of fused-ring (bicyclic) bond motifs is 1. The molecule has 2 rings (SSSR count). The molecule has 0 unspecified atom stereocenters. The Balaban J connectivity index is 2.30. The van der Waals surface area contributed by atoms with Crippen LogP contribution in [-0.2, 0) is 0 Å². The van der Waals surface area contributed by atoms with Crippen molar-refractivity contribution in [3.8, 4) is 0 Å². The molecule has 2 heteroatoms. The summed E-state index contributed by atoms with van der Waals surface area (Å²) in [4.78, 5) is 0. The highest BCUT2D eigenvalue weighted by Gasteiger charge is 2.11. The van der Waals surface area contributed by atoms with Crippen molar-refractivity contribution in [1.82, 2.24) is 0 Å². The van der Waals surface area contributed by atoms with E-state index < -0.39 is 0 Å². The lowest BCUT2D eigenvalue weighted by Gasteiger charge is -2.23. The molecule has 2 N–H and O–H groups in total. The van der Waals surface area contributed by atoms with Gasteiger partial charge in [0.15, 0.2) is 0 Å². The van der Waals surface area contributed by atoms with Crippen LogP contribution >= 0.6 is 0 Å². The van der Waals surface area contributed by atoms with Crippen molar-refractivity contribution in [2.45, 2.75) is 52.6 Å². The fourth-order valence-electron chi connectivity index (χ4n) is 2.27. The summed E-state index contributed by atoms with van der Waals surface area (Å²) in [7, 11) is 0. The first-order chi connectivity index (χ1) is 9.12. The van der Waals surface area contributed by atoms with Crippen LogP contribution in [0.3, 0.4) is 0 Å². The second kappa shape index (κ2) is 5.01. The zero-order valence-corrected chi connectivity index (χ0v) is 13.5. The number of hydrogen-bond donors (Lipinski definition) is 2. The van der Waals surface area contributed by atoms with Crippen LogP contribution in [0.25, 0.3) is 10.8 Å². The highest BCUT2D eigenvalue weighted by molar-refractivity contribution is 5.88. The maximum absolute atomic E-state index is 3.51. The van der Waals surface area contributed by atoms with Crippen molar-refractivity contribution < 1.29 is 0 Å². The first kappa shape index (κ1) is 14.7.